The van der Waals surface area contributed by atoms with Crippen molar-refractivity contribution in [3.63, 3.8) is 0 Å². The Kier molecular flexibility index (Phi) is 7.03. The van der Waals surface area contributed by atoms with Crippen LogP contribution in [-0.2, 0) is 17.6 Å². The van der Waals surface area contributed by atoms with Gasteiger partial charge in [0.25, 0.3) is 5.91 Å². The molecule has 0 saturated heterocycles. The fourth-order valence-corrected chi connectivity index (χ4v) is 3.40. The van der Waals surface area contributed by atoms with Crippen LogP contribution in [0.3, 0.4) is 0 Å². The van der Waals surface area contributed by atoms with Gasteiger partial charge in [-0.15, -0.1) is 11.3 Å². The predicted molar refractivity (Wildman–Crippen MR) is 113 cm³/mol. The maximum absolute atomic E-state index is 12.2. The zero-order valence-corrected chi connectivity index (χ0v) is 17.1. The first-order valence-electron chi connectivity index (χ1n) is 8.52. The van der Waals surface area contributed by atoms with Gasteiger partial charge in [0.05, 0.1) is 12.1 Å². The Hall–Kier alpha value is -2.41. The fourth-order valence-electron chi connectivity index (χ4n) is 2.44. The largest absolute Gasteiger partial charge is 0.355 e. The van der Waals surface area contributed by atoms with Crippen molar-refractivity contribution in [2.45, 2.75) is 12.8 Å². The van der Waals surface area contributed by atoms with Crippen molar-refractivity contribution in [2.75, 3.05) is 11.9 Å². The average Bonchev–Trinajstić information content (AvgIpc) is 3.10. The van der Waals surface area contributed by atoms with Gasteiger partial charge in [-0.1, -0.05) is 35.3 Å². The summed E-state index contributed by atoms with van der Waals surface area (Å²) in [5.41, 5.74) is 2.20. The zero-order chi connectivity index (χ0) is 19.9. The van der Waals surface area contributed by atoms with Gasteiger partial charge in [-0.2, -0.15) is 0 Å². The SMILES string of the molecule is O=C(Cc1csc(NC(=O)c2ccc(Cl)cc2)n1)NCCc1ccc(Cl)cc1. The highest BCUT2D eigenvalue weighted by Gasteiger charge is 2.11. The van der Waals surface area contributed by atoms with Crippen molar-refractivity contribution < 1.29 is 9.59 Å². The molecular formula is C20H17Cl2N3O2S. The van der Waals surface area contributed by atoms with Crippen LogP contribution in [0.2, 0.25) is 10.0 Å². The molecular weight excluding hydrogens is 417 g/mol. The van der Waals surface area contributed by atoms with Crippen molar-refractivity contribution in [2.24, 2.45) is 0 Å². The molecule has 1 heterocycles. The maximum Gasteiger partial charge on any atom is 0.257 e. The first-order chi connectivity index (χ1) is 13.5. The highest BCUT2D eigenvalue weighted by atomic mass is 35.5. The Balaban J connectivity index is 1.45. The second-order valence-corrected chi connectivity index (χ2v) is 7.74. The number of aromatic nitrogens is 1. The molecule has 2 amide bonds. The van der Waals surface area contributed by atoms with Gasteiger partial charge in [0, 0.05) is 27.5 Å². The minimum Gasteiger partial charge on any atom is -0.355 e. The molecule has 0 saturated carbocycles. The minimum absolute atomic E-state index is 0.116. The molecule has 0 aliphatic rings. The van der Waals surface area contributed by atoms with Crippen LogP contribution in [0.5, 0.6) is 0 Å². The van der Waals surface area contributed by atoms with Gasteiger partial charge in [0.2, 0.25) is 5.91 Å². The molecule has 0 aliphatic carbocycles. The number of amides is 2. The van der Waals surface area contributed by atoms with E-state index in [9.17, 15) is 9.59 Å². The highest BCUT2D eigenvalue weighted by molar-refractivity contribution is 7.14. The predicted octanol–water partition coefficient (Wildman–Crippen LogP) is 4.60. The summed E-state index contributed by atoms with van der Waals surface area (Å²) in [5, 5.41) is 9.05. The number of carbonyl (C=O) groups excluding carboxylic acids is 2. The molecule has 0 unspecified atom stereocenters. The normalized spacial score (nSPS) is 10.5. The molecule has 0 fully saturated rings. The van der Waals surface area contributed by atoms with Crippen molar-refractivity contribution >= 4 is 51.5 Å². The Morgan fingerprint density at radius 3 is 2.29 bits per heavy atom. The number of anilines is 1. The van der Waals surface area contributed by atoms with E-state index in [2.05, 4.69) is 15.6 Å². The number of carbonyl (C=O) groups is 2. The summed E-state index contributed by atoms with van der Waals surface area (Å²) in [4.78, 5) is 28.5. The van der Waals surface area contributed by atoms with Crippen molar-refractivity contribution in [1.29, 1.82) is 0 Å². The van der Waals surface area contributed by atoms with Crippen LogP contribution < -0.4 is 10.6 Å². The highest BCUT2D eigenvalue weighted by Crippen LogP contribution is 2.18. The third-order valence-corrected chi connectivity index (χ3v) is 5.18. The maximum atomic E-state index is 12.2. The molecule has 28 heavy (non-hydrogen) atoms. The number of nitrogens with one attached hydrogen (secondary N) is 2. The van der Waals surface area contributed by atoms with E-state index in [1.807, 2.05) is 24.3 Å². The summed E-state index contributed by atoms with van der Waals surface area (Å²) < 4.78 is 0. The quantitative estimate of drug-likeness (QED) is 0.571. The van der Waals surface area contributed by atoms with E-state index in [1.165, 1.54) is 11.3 Å². The van der Waals surface area contributed by atoms with Crippen LogP contribution in [-0.4, -0.2) is 23.3 Å². The number of halogens is 2. The van der Waals surface area contributed by atoms with Crippen LogP contribution in [0.4, 0.5) is 5.13 Å². The van der Waals surface area contributed by atoms with Crippen LogP contribution in [0, 0.1) is 0 Å². The molecule has 0 bridgehead atoms. The second-order valence-electron chi connectivity index (χ2n) is 6.01. The third-order valence-electron chi connectivity index (χ3n) is 3.87. The van der Waals surface area contributed by atoms with E-state index < -0.39 is 0 Å². The van der Waals surface area contributed by atoms with Gasteiger partial charge >= 0.3 is 0 Å². The van der Waals surface area contributed by atoms with Crippen molar-refractivity contribution in [1.82, 2.24) is 10.3 Å². The molecule has 5 nitrogen and oxygen atoms in total. The summed E-state index contributed by atoms with van der Waals surface area (Å²) >= 11 is 13.0. The molecule has 2 N–H and O–H groups in total. The average molecular weight is 434 g/mol. The lowest BCUT2D eigenvalue weighted by Gasteiger charge is -2.04. The van der Waals surface area contributed by atoms with E-state index in [-0.39, 0.29) is 18.2 Å². The number of rotatable bonds is 7. The van der Waals surface area contributed by atoms with Gasteiger partial charge in [0.15, 0.2) is 5.13 Å². The molecule has 0 aliphatic heterocycles. The molecule has 3 aromatic rings. The number of hydrogen-bond donors (Lipinski definition) is 2. The summed E-state index contributed by atoms with van der Waals surface area (Å²) in [5.74, 6) is -0.389. The lowest BCUT2D eigenvalue weighted by atomic mass is 10.1. The Morgan fingerprint density at radius 1 is 0.964 bits per heavy atom. The van der Waals surface area contributed by atoms with Crippen molar-refractivity contribution in [3.8, 4) is 0 Å². The molecule has 0 radical (unpaired) electrons. The second kappa shape index (κ2) is 9.68. The minimum atomic E-state index is -0.273. The molecule has 2 aromatic carbocycles. The van der Waals surface area contributed by atoms with Gasteiger partial charge in [0.1, 0.15) is 0 Å². The van der Waals surface area contributed by atoms with Crippen LogP contribution in [0.1, 0.15) is 21.6 Å². The van der Waals surface area contributed by atoms with Gasteiger partial charge in [-0.3, -0.25) is 14.9 Å². The number of nitrogens with zero attached hydrogens (tertiary/aromatic N) is 1. The standard InChI is InChI=1S/C20H17Cl2N3O2S/c21-15-5-1-13(2-6-15)9-10-23-18(26)11-17-12-28-20(24-17)25-19(27)14-3-7-16(22)8-4-14/h1-8,12H,9-11H2,(H,23,26)(H,24,25,27). The molecule has 8 heteroatoms. The lowest BCUT2D eigenvalue weighted by Crippen LogP contribution is -2.27. The van der Waals surface area contributed by atoms with Gasteiger partial charge in [-0.05, 0) is 48.4 Å². The van der Waals surface area contributed by atoms with E-state index in [1.54, 1.807) is 29.6 Å². The number of thiazole rings is 1. The molecule has 0 atom stereocenters. The van der Waals surface area contributed by atoms with Gasteiger partial charge < -0.3 is 5.32 Å². The van der Waals surface area contributed by atoms with E-state index in [0.29, 0.717) is 33.0 Å². The van der Waals surface area contributed by atoms with E-state index >= 15 is 0 Å². The monoisotopic (exact) mass is 433 g/mol. The Bertz CT molecular complexity index is 956. The first-order valence-corrected chi connectivity index (χ1v) is 10.2. The Morgan fingerprint density at radius 2 is 1.61 bits per heavy atom. The van der Waals surface area contributed by atoms with Crippen LogP contribution in [0.25, 0.3) is 0 Å². The summed E-state index contributed by atoms with van der Waals surface area (Å²) in [6.07, 6.45) is 0.885. The lowest BCUT2D eigenvalue weighted by molar-refractivity contribution is -0.120. The summed E-state index contributed by atoms with van der Waals surface area (Å²) in [7, 11) is 0. The van der Waals surface area contributed by atoms with E-state index in [0.717, 1.165) is 12.0 Å². The van der Waals surface area contributed by atoms with Crippen LogP contribution in [0.15, 0.2) is 53.9 Å². The zero-order valence-electron chi connectivity index (χ0n) is 14.7. The first kappa shape index (κ1) is 20.3. The molecule has 0 spiro atoms. The van der Waals surface area contributed by atoms with Crippen molar-refractivity contribution in [3.05, 3.63) is 80.8 Å². The smallest absolute Gasteiger partial charge is 0.257 e. The Labute approximate surface area is 176 Å². The van der Waals surface area contributed by atoms with Crippen LogP contribution >= 0.6 is 34.5 Å². The summed E-state index contributed by atoms with van der Waals surface area (Å²) in [6.45, 7) is 0.533. The molecule has 1 aromatic heterocycles. The number of benzene rings is 2. The van der Waals surface area contributed by atoms with E-state index in [4.69, 9.17) is 23.2 Å². The number of hydrogen-bond acceptors (Lipinski definition) is 4. The molecule has 3 rings (SSSR count). The third kappa shape index (κ3) is 6.05. The van der Waals surface area contributed by atoms with Gasteiger partial charge in [-0.25, -0.2) is 4.98 Å². The summed E-state index contributed by atoms with van der Waals surface area (Å²) in [6, 6.07) is 14.1. The fraction of sp³-hybridized carbons (Fsp3) is 0.150. The molecule has 144 valence electrons. The topological polar surface area (TPSA) is 71.1 Å².